The van der Waals surface area contributed by atoms with Crippen molar-refractivity contribution in [2.75, 3.05) is 34.4 Å². The highest BCUT2D eigenvalue weighted by atomic mass is 35.5. The highest BCUT2D eigenvalue weighted by Crippen LogP contribution is 2.27. The first-order chi connectivity index (χ1) is 20.7. The molecule has 43 heavy (non-hydrogen) atoms. The molecule has 228 valence electrons. The van der Waals surface area contributed by atoms with E-state index in [-0.39, 0.29) is 28.5 Å². The molecule has 0 saturated heterocycles. The van der Waals surface area contributed by atoms with Gasteiger partial charge in [-0.2, -0.15) is 22.8 Å². The van der Waals surface area contributed by atoms with E-state index in [0.29, 0.717) is 47.5 Å². The Kier molecular flexibility index (Phi) is 13.5. The standard InChI is InChI=1S/C15H17ClN4O2S.C13H15ClN4OS/c1-3-19(14(22)6-8-23-11(2)21)13-10-20(18-15(13)16)12-5-4-7-17-9-12;1-2-17(12(19)5-7-20)11-9-18(16-13(11)14)10-4-3-6-15-8-10/h4-5,7,9-10H,3,6,8H2,1-2H3;3-4,6,8-9,20H,2,5,7H2,1H3. The quantitative estimate of drug-likeness (QED) is 0.208. The van der Waals surface area contributed by atoms with E-state index >= 15 is 0 Å². The summed E-state index contributed by atoms with van der Waals surface area (Å²) in [6.07, 6.45) is 10.8. The molecule has 0 fully saturated rings. The summed E-state index contributed by atoms with van der Waals surface area (Å²) in [6.45, 7) is 6.26. The molecule has 0 aliphatic heterocycles. The smallest absolute Gasteiger partial charge is 0.227 e. The van der Waals surface area contributed by atoms with Gasteiger partial charge in [0.2, 0.25) is 11.8 Å². The van der Waals surface area contributed by atoms with Gasteiger partial charge in [-0.3, -0.25) is 24.4 Å². The Bertz CT molecular complexity index is 1500. The van der Waals surface area contributed by atoms with Crippen molar-refractivity contribution in [2.24, 2.45) is 0 Å². The fraction of sp³-hybridized carbons (Fsp3) is 0.321. The Labute approximate surface area is 270 Å². The van der Waals surface area contributed by atoms with E-state index < -0.39 is 0 Å². The molecule has 0 saturated carbocycles. The van der Waals surface area contributed by atoms with Gasteiger partial charge >= 0.3 is 0 Å². The third-order valence-corrected chi connectivity index (χ3v) is 7.46. The first kappa shape index (κ1) is 34.1. The van der Waals surface area contributed by atoms with E-state index in [2.05, 4.69) is 32.8 Å². The van der Waals surface area contributed by atoms with E-state index in [1.54, 1.807) is 62.4 Å². The molecular weight excluding hydrogens is 631 g/mol. The minimum atomic E-state index is -0.0890. The lowest BCUT2D eigenvalue weighted by Gasteiger charge is -2.19. The van der Waals surface area contributed by atoms with E-state index in [1.165, 1.54) is 6.92 Å². The number of rotatable bonds is 11. The van der Waals surface area contributed by atoms with E-state index in [1.807, 2.05) is 32.0 Å². The highest BCUT2D eigenvalue weighted by Gasteiger charge is 2.21. The fourth-order valence-electron chi connectivity index (χ4n) is 3.90. The van der Waals surface area contributed by atoms with Crippen molar-refractivity contribution in [3.05, 3.63) is 71.8 Å². The summed E-state index contributed by atoms with van der Waals surface area (Å²) in [5, 5.41) is 9.00. The average molecular weight is 664 g/mol. The molecule has 0 N–H and O–H groups in total. The summed E-state index contributed by atoms with van der Waals surface area (Å²) >= 11 is 17.6. The zero-order valence-corrected chi connectivity index (χ0v) is 27.2. The lowest BCUT2D eigenvalue weighted by molar-refractivity contribution is -0.119. The van der Waals surface area contributed by atoms with Crippen LogP contribution in [0.2, 0.25) is 10.3 Å². The predicted molar refractivity (Wildman–Crippen MR) is 175 cm³/mol. The maximum atomic E-state index is 12.3. The largest absolute Gasteiger partial charge is 0.308 e. The Hall–Kier alpha value is -3.39. The highest BCUT2D eigenvalue weighted by molar-refractivity contribution is 8.13. The molecule has 4 rings (SSSR count). The molecule has 4 heterocycles. The Morgan fingerprint density at radius 3 is 1.67 bits per heavy atom. The Morgan fingerprint density at radius 2 is 1.30 bits per heavy atom. The second-order valence-electron chi connectivity index (χ2n) is 8.76. The van der Waals surface area contributed by atoms with Crippen LogP contribution in [0.3, 0.4) is 0 Å². The van der Waals surface area contributed by atoms with Gasteiger partial charge in [-0.1, -0.05) is 35.0 Å². The molecule has 0 aliphatic rings. The molecule has 4 aromatic rings. The zero-order chi connectivity index (χ0) is 31.4. The molecule has 0 spiro atoms. The molecule has 0 radical (unpaired) electrons. The topological polar surface area (TPSA) is 119 Å². The number of thiol groups is 1. The van der Waals surface area contributed by atoms with Crippen LogP contribution in [0.5, 0.6) is 0 Å². The van der Waals surface area contributed by atoms with Crippen molar-refractivity contribution in [1.82, 2.24) is 29.5 Å². The Morgan fingerprint density at radius 1 is 0.837 bits per heavy atom. The molecule has 0 atom stereocenters. The number of nitrogens with zero attached hydrogens (tertiary/aromatic N) is 8. The number of carbonyl (C=O) groups excluding carboxylic acids is 3. The van der Waals surface area contributed by atoms with Gasteiger partial charge in [-0.05, 0) is 43.9 Å². The van der Waals surface area contributed by atoms with Gasteiger partial charge in [-0.25, -0.2) is 9.36 Å². The number of carbonyl (C=O) groups is 3. The predicted octanol–water partition coefficient (Wildman–Crippen LogP) is 5.54. The van der Waals surface area contributed by atoms with Gasteiger partial charge in [-0.15, -0.1) is 0 Å². The van der Waals surface area contributed by atoms with Crippen LogP contribution in [-0.4, -0.2) is 71.1 Å². The van der Waals surface area contributed by atoms with Crippen LogP contribution >= 0.6 is 47.6 Å². The van der Waals surface area contributed by atoms with Gasteiger partial charge in [0.15, 0.2) is 15.4 Å². The van der Waals surface area contributed by atoms with Crippen LogP contribution in [0.1, 0.15) is 33.6 Å². The van der Waals surface area contributed by atoms with Gasteiger partial charge < -0.3 is 9.80 Å². The number of thioether (sulfide) groups is 1. The molecular formula is C28H32Cl2N8O3S2. The van der Waals surface area contributed by atoms with Crippen molar-refractivity contribution >= 4 is 75.9 Å². The summed E-state index contributed by atoms with van der Waals surface area (Å²) < 4.78 is 3.20. The molecule has 4 aromatic heterocycles. The van der Waals surface area contributed by atoms with Gasteiger partial charge in [0.05, 0.1) is 36.2 Å². The molecule has 0 unspecified atom stereocenters. The number of hydrogen-bond donors (Lipinski definition) is 1. The lowest BCUT2D eigenvalue weighted by atomic mass is 10.3. The molecule has 2 amide bonds. The maximum Gasteiger partial charge on any atom is 0.227 e. The number of pyridine rings is 2. The third-order valence-electron chi connectivity index (χ3n) is 5.89. The third kappa shape index (κ3) is 9.55. The monoisotopic (exact) mass is 662 g/mol. The first-order valence-electron chi connectivity index (χ1n) is 13.4. The van der Waals surface area contributed by atoms with Crippen molar-refractivity contribution in [1.29, 1.82) is 0 Å². The van der Waals surface area contributed by atoms with Crippen LogP contribution in [0.25, 0.3) is 11.4 Å². The minimum absolute atomic E-state index is 0.00304. The second-order valence-corrected chi connectivity index (χ2v) is 11.2. The summed E-state index contributed by atoms with van der Waals surface area (Å²) in [4.78, 5) is 46.6. The number of anilines is 2. The molecule has 15 heteroatoms. The van der Waals surface area contributed by atoms with Crippen molar-refractivity contribution in [3.63, 3.8) is 0 Å². The first-order valence-corrected chi connectivity index (χ1v) is 15.7. The molecule has 11 nitrogen and oxygen atoms in total. The number of halogens is 2. The van der Waals surface area contributed by atoms with E-state index in [0.717, 1.165) is 23.1 Å². The Balaban J connectivity index is 0.000000238. The summed E-state index contributed by atoms with van der Waals surface area (Å²) in [7, 11) is 0. The van der Waals surface area contributed by atoms with Gasteiger partial charge in [0, 0.05) is 51.0 Å². The zero-order valence-electron chi connectivity index (χ0n) is 23.9. The number of hydrogen-bond acceptors (Lipinski definition) is 9. The number of amides is 2. The fourth-order valence-corrected chi connectivity index (χ4v) is 5.12. The van der Waals surface area contributed by atoms with Crippen LogP contribution in [0, 0.1) is 0 Å². The average Bonchev–Trinajstić information content (AvgIpc) is 3.58. The summed E-state index contributed by atoms with van der Waals surface area (Å²) in [6, 6.07) is 7.33. The minimum Gasteiger partial charge on any atom is -0.308 e. The summed E-state index contributed by atoms with van der Waals surface area (Å²) in [5.74, 6) is 0.854. The van der Waals surface area contributed by atoms with Crippen molar-refractivity contribution in [2.45, 2.75) is 33.6 Å². The van der Waals surface area contributed by atoms with Crippen LogP contribution < -0.4 is 9.80 Å². The SMILES string of the molecule is CCN(C(=O)CCS)c1cn(-c2cccnc2)nc1Cl.CCN(C(=O)CCSC(C)=O)c1cn(-c2cccnc2)nc1Cl. The van der Waals surface area contributed by atoms with Crippen molar-refractivity contribution < 1.29 is 14.4 Å². The van der Waals surface area contributed by atoms with Gasteiger partial charge in [0.25, 0.3) is 0 Å². The van der Waals surface area contributed by atoms with Gasteiger partial charge in [0.1, 0.15) is 11.4 Å². The van der Waals surface area contributed by atoms with Crippen LogP contribution in [0.4, 0.5) is 11.4 Å². The van der Waals surface area contributed by atoms with Crippen molar-refractivity contribution in [3.8, 4) is 11.4 Å². The molecule has 0 aliphatic carbocycles. The lowest BCUT2D eigenvalue weighted by Crippen LogP contribution is -2.30. The van der Waals surface area contributed by atoms with Crippen LogP contribution in [-0.2, 0) is 14.4 Å². The number of aromatic nitrogens is 6. The summed E-state index contributed by atoms with van der Waals surface area (Å²) in [5.41, 5.74) is 2.70. The second kappa shape index (κ2) is 17.0. The van der Waals surface area contributed by atoms with Crippen LogP contribution in [0.15, 0.2) is 61.4 Å². The normalized spacial score (nSPS) is 10.6. The maximum absolute atomic E-state index is 12.3. The van der Waals surface area contributed by atoms with E-state index in [9.17, 15) is 14.4 Å². The molecule has 0 bridgehead atoms. The van der Waals surface area contributed by atoms with E-state index in [4.69, 9.17) is 23.2 Å². The molecule has 0 aromatic carbocycles.